The molecule has 5 rings (SSSR count). The number of benzene rings is 2. The molecule has 0 atom stereocenters. The lowest BCUT2D eigenvalue weighted by Gasteiger charge is -2.08. The third-order valence-electron chi connectivity index (χ3n) is 4.96. The van der Waals surface area contributed by atoms with Crippen LogP contribution >= 0.6 is 11.8 Å². The molecule has 3 heterocycles. The van der Waals surface area contributed by atoms with E-state index in [0.717, 1.165) is 5.56 Å². The zero-order valence-electron chi connectivity index (χ0n) is 17.4. The van der Waals surface area contributed by atoms with Crippen molar-refractivity contribution in [3.8, 4) is 34.4 Å². The van der Waals surface area contributed by atoms with Crippen molar-refractivity contribution in [1.82, 2.24) is 19.7 Å². The molecule has 0 spiro atoms. The summed E-state index contributed by atoms with van der Waals surface area (Å²) in [6, 6.07) is 8.75. The number of ether oxygens (including phenoxy) is 4. The molecule has 0 aliphatic carbocycles. The average molecular weight is 454 g/mol. The maximum Gasteiger partial charge on any atom is 0.261 e. The highest BCUT2D eigenvalue weighted by Gasteiger charge is 2.19. The molecule has 10 nitrogen and oxygen atoms in total. The summed E-state index contributed by atoms with van der Waals surface area (Å²) in [5.74, 6) is 3.48. The zero-order chi connectivity index (χ0) is 22.2. The van der Waals surface area contributed by atoms with Crippen molar-refractivity contribution >= 4 is 22.7 Å². The summed E-state index contributed by atoms with van der Waals surface area (Å²) < 4.78 is 28.2. The van der Waals surface area contributed by atoms with Crippen LogP contribution in [0.25, 0.3) is 22.3 Å². The van der Waals surface area contributed by atoms with E-state index in [4.69, 9.17) is 23.5 Å². The van der Waals surface area contributed by atoms with Crippen LogP contribution in [0.4, 0.5) is 0 Å². The lowest BCUT2D eigenvalue weighted by atomic mass is 10.2. The SMILES string of the molecule is COc1ccc(-c2noc(CSc3nc4cc5c(cc4c(=O)n3C)OCO5)n2)cc1OC. The smallest absolute Gasteiger partial charge is 0.261 e. The Morgan fingerprint density at radius 1 is 1.06 bits per heavy atom. The van der Waals surface area contributed by atoms with Gasteiger partial charge in [0.05, 0.1) is 30.9 Å². The van der Waals surface area contributed by atoms with Gasteiger partial charge >= 0.3 is 0 Å². The number of rotatable bonds is 6. The highest BCUT2D eigenvalue weighted by molar-refractivity contribution is 7.98. The number of thioether (sulfide) groups is 1. The van der Waals surface area contributed by atoms with E-state index in [1.165, 1.54) is 16.3 Å². The molecule has 164 valence electrons. The second kappa shape index (κ2) is 8.08. The van der Waals surface area contributed by atoms with Gasteiger partial charge in [0.15, 0.2) is 28.2 Å². The Hall–Kier alpha value is -3.73. The molecule has 0 bridgehead atoms. The monoisotopic (exact) mass is 454 g/mol. The van der Waals surface area contributed by atoms with Crippen LogP contribution < -0.4 is 24.5 Å². The van der Waals surface area contributed by atoms with Crippen LogP contribution in [0.15, 0.2) is 44.8 Å². The summed E-state index contributed by atoms with van der Waals surface area (Å²) in [6.45, 7) is 0.132. The van der Waals surface area contributed by atoms with E-state index in [0.29, 0.717) is 56.5 Å². The van der Waals surface area contributed by atoms with Gasteiger partial charge in [0.25, 0.3) is 5.56 Å². The summed E-state index contributed by atoms with van der Waals surface area (Å²) >= 11 is 1.32. The molecular formula is C21H18N4O6S. The van der Waals surface area contributed by atoms with Crippen molar-refractivity contribution in [2.75, 3.05) is 21.0 Å². The molecule has 4 aromatic rings. The lowest BCUT2D eigenvalue weighted by Crippen LogP contribution is -2.20. The Bertz CT molecular complexity index is 1380. The summed E-state index contributed by atoms with van der Waals surface area (Å²) in [5.41, 5.74) is 1.10. The normalized spacial score (nSPS) is 12.3. The van der Waals surface area contributed by atoms with E-state index in [1.807, 2.05) is 6.07 Å². The Kier molecular flexibility index (Phi) is 5.10. The first kappa shape index (κ1) is 20.2. The molecule has 0 radical (unpaired) electrons. The molecule has 0 saturated heterocycles. The number of fused-ring (bicyclic) bond motifs is 2. The van der Waals surface area contributed by atoms with E-state index in [1.54, 1.807) is 45.5 Å². The van der Waals surface area contributed by atoms with Crippen molar-refractivity contribution in [1.29, 1.82) is 0 Å². The summed E-state index contributed by atoms with van der Waals surface area (Å²) in [4.78, 5) is 21.8. The van der Waals surface area contributed by atoms with E-state index in [-0.39, 0.29) is 12.4 Å². The molecule has 0 saturated carbocycles. The third kappa shape index (κ3) is 3.50. The molecule has 2 aromatic carbocycles. The Balaban J connectivity index is 1.39. The molecular weight excluding hydrogens is 436 g/mol. The molecule has 1 aliphatic rings. The van der Waals surface area contributed by atoms with Gasteiger partial charge in [-0.15, -0.1) is 0 Å². The topological polar surface area (TPSA) is 111 Å². The molecule has 11 heteroatoms. The minimum absolute atomic E-state index is 0.132. The standard InChI is InChI=1S/C21H18N4O6S/c1-25-20(26)12-7-16-17(30-10-29-16)8-13(12)22-21(25)32-9-18-23-19(24-31-18)11-4-5-14(27-2)15(6-11)28-3/h4-8H,9-10H2,1-3H3. The molecule has 32 heavy (non-hydrogen) atoms. The van der Waals surface area contributed by atoms with Gasteiger partial charge in [0.2, 0.25) is 18.5 Å². The number of methoxy groups -OCH3 is 2. The Labute approximate surface area is 186 Å². The first-order chi connectivity index (χ1) is 15.6. The molecule has 0 N–H and O–H groups in total. The van der Waals surface area contributed by atoms with Gasteiger partial charge in [-0.1, -0.05) is 16.9 Å². The first-order valence-electron chi connectivity index (χ1n) is 9.55. The fourth-order valence-electron chi connectivity index (χ4n) is 3.30. The van der Waals surface area contributed by atoms with Gasteiger partial charge in [-0.25, -0.2) is 4.98 Å². The van der Waals surface area contributed by atoms with Crippen molar-refractivity contribution in [3.63, 3.8) is 0 Å². The van der Waals surface area contributed by atoms with Crippen molar-refractivity contribution in [2.24, 2.45) is 7.05 Å². The van der Waals surface area contributed by atoms with Gasteiger partial charge in [-0.05, 0) is 24.3 Å². The second-order valence-corrected chi connectivity index (χ2v) is 7.79. The number of hydrogen-bond donors (Lipinski definition) is 0. The fourth-order valence-corrected chi connectivity index (χ4v) is 4.11. The van der Waals surface area contributed by atoms with Gasteiger partial charge in [-0.3, -0.25) is 9.36 Å². The highest BCUT2D eigenvalue weighted by atomic mass is 32.2. The van der Waals surface area contributed by atoms with Crippen LogP contribution in [0.5, 0.6) is 23.0 Å². The quantitative estimate of drug-likeness (QED) is 0.318. The van der Waals surface area contributed by atoms with Gasteiger partial charge in [0, 0.05) is 18.7 Å². The number of hydrogen-bond acceptors (Lipinski definition) is 10. The third-order valence-corrected chi connectivity index (χ3v) is 5.98. The van der Waals surface area contributed by atoms with Gasteiger partial charge < -0.3 is 23.5 Å². The minimum Gasteiger partial charge on any atom is -0.493 e. The van der Waals surface area contributed by atoms with Crippen LogP contribution in [0.3, 0.4) is 0 Å². The second-order valence-electron chi connectivity index (χ2n) is 6.85. The Morgan fingerprint density at radius 2 is 1.84 bits per heavy atom. The van der Waals surface area contributed by atoms with Crippen LogP contribution in [0, 0.1) is 0 Å². The van der Waals surface area contributed by atoms with Gasteiger partial charge in [0.1, 0.15) is 0 Å². The van der Waals surface area contributed by atoms with Crippen molar-refractivity contribution in [2.45, 2.75) is 10.9 Å². The summed E-state index contributed by atoms with van der Waals surface area (Å²) in [6.07, 6.45) is 0. The molecule has 2 aromatic heterocycles. The maximum absolute atomic E-state index is 12.8. The molecule has 0 unspecified atom stereocenters. The minimum atomic E-state index is -0.174. The van der Waals surface area contributed by atoms with E-state index in [9.17, 15) is 4.79 Å². The predicted octanol–water partition coefficient (Wildman–Crippen LogP) is 3.02. The first-order valence-corrected chi connectivity index (χ1v) is 10.5. The van der Waals surface area contributed by atoms with E-state index < -0.39 is 0 Å². The predicted molar refractivity (Wildman–Crippen MR) is 116 cm³/mol. The van der Waals surface area contributed by atoms with Crippen LogP contribution in [-0.4, -0.2) is 40.7 Å². The summed E-state index contributed by atoms with van der Waals surface area (Å²) in [5, 5.41) is 5.03. The van der Waals surface area contributed by atoms with Crippen LogP contribution in [-0.2, 0) is 12.8 Å². The van der Waals surface area contributed by atoms with Crippen LogP contribution in [0.1, 0.15) is 5.89 Å². The molecule has 0 fully saturated rings. The number of aromatic nitrogens is 4. The lowest BCUT2D eigenvalue weighted by molar-refractivity contribution is 0.174. The molecule has 0 amide bonds. The van der Waals surface area contributed by atoms with Crippen molar-refractivity contribution in [3.05, 3.63) is 46.6 Å². The van der Waals surface area contributed by atoms with Crippen LogP contribution in [0.2, 0.25) is 0 Å². The highest BCUT2D eigenvalue weighted by Crippen LogP contribution is 2.35. The largest absolute Gasteiger partial charge is 0.493 e. The average Bonchev–Trinajstić information content (AvgIpc) is 3.48. The fraction of sp³-hybridized carbons (Fsp3) is 0.238. The summed E-state index contributed by atoms with van der Waals surface area (Å²) in [7, 11) is 4.81. The number of nitrogens with zero attached hydrogens (tertiary/aromatic N) is 4. The van der Waals surface area contributed by atoms with Gasteiger partial charge in [-0.2, -0.15) is 4.98 Å². The van der Waals surface area contributed by atoms with Crippen molar-refractivity contribution < 1.29 is 23.5 Å². The molecule has 1 aliphatic heterocycles. The Morgan fingerprint density at radius 3 is 2.62 bits per heavy atom. The maximum atomic E-state index is 12.8. The zero-order valence-corrected chi connectivity index (χ0v) is 18.3. The van der Waals surface area contributed by atoms with E-state index in [2.05, 4.69) is 15.1 Å². The van der Waals surface area contributed by atoms with E-state index >= 15 is 0 Å².